The molecule has 6 nitrogen and oxygen atoms in total. The standard InChI is InChI=1S/C16H14F2N4O2S/c17-16(18)24-12-5-10-25-14(12)15(23)20-13-4-9-22(21-13)8-3-11-1-6-19-7-2-11/h1-2,4-7,9-10,16H,3,8H2,(H,20,21,23). The molecule has 3 rings (SSSR count). The number of ether oxygens (including phenoxy) is 1. The van der Waals surface area contributed by atoms with Gasteiger partial charge >= 0.3 is 6.61 Å². The second-order valence-corrected chi connectivity index (χ2v) is 5.93. The molecule has 0 aliphatic carbocycles. The minimum absolute atomic E-state index is 0.0756. The van der Waals surface area contributed by atoms with E-state index in [0.717, 1.165) is 23.3 Å². The Kier molecular flexibility index (Phi) is 5.34. The maximum atomic E-state index is 12.3. The number of pyridine rings is 1. The van der Waals surface area contributed by atoms with Crippen LogP contribution in [0.2, 0.25) is 0 Å². The number of thiophene rings is 1. The Morgan fingerprint density at radius 2 is 2.08 bits per heavy atom. The van der Waals surface area contributed by atoms with Crippen LogP contribution in [0.15, 0.2) is 48.2 Å². The number of halogens is 2. The molecule has 0 bridgehead atoms. The quantitative estimate of drug-likeness (QED) is 0.697. The Morgan fingerprint density at radius 1 is 1.28 bits per heavy atom. The van der Waals surface area contributed by atoms with E-state index in [1.807, 2.05) is 12.1 Å². The summed E-state index contributed by atoms with van der Waals surface area (Å²) in [6.07, 6.45) is 5.96. The van der Waals surface area contributed by atoms with E-state index in [0.29, 0.717) is 12.4 Å². The predicted octanol–water partition coefficient (Wildman–Crippen LogP) is 3.44. The number of hydrogen-bond acceptors (Lipinski definition) is 5. The molecule has 0 atom stereocenters. The summed E-state index contributed by atoms with van der Waals surface area (Å²) >= 11 is 1.02. The fourth-order valence-corrected chi connectivity index (χ4v) is 2.89. The van der Waals surface area contributed by atoms with Gasteiger partial charge in [-0.15, -0.1) is 11.3 Å². The molecule has 25 heavy (non-hydrogen) atoms. The number of anilines is 1. The fraction of sp³-hybridized carbons (Fsp3) is 0.188. The maximum Gasteiger partial charge on any atom is 0.387 e. The van der Waals surface area contributed by atoms with Crippen molar-refractivity contribution in [3.63, 3.8) is 0 Å². The second kappa shape index (κ2) is 7.84. The van der Waals surface area contributed by atoms with Crippen molar-refractivity contribution >= 4 is 23.1 Å². The summed E-state index contributed by atoms with van der Waals surface area (Å²) in [5.74, 6) is -0.337. The first kappa shape index (κ1) is 17.0. The first-order valence-electron chi connectivity index (χ1n) is 7.38. The first-order valence-corrected chi connectivity index (χ1v) is 8.26. The minimum atomic E-state index is -2.98. The first-order chi connectivity index (χ1) is 12.1. The molecule has 3 aromatic heterocycles. The summed E-state index contributed by atoms with van der Waals surface area (Å²) in [6, 6.07) is 6.83. The zero-order chi connectivity index (χ0) is 17.6. The molecule has 130 valence electrons. The third-order valence-corrected chi connectivity index (χ3v) is 4.21. The van der Waals surface area contributed by atoms with E-state index in [-0.39, 0.29) is 10.6 Å². The lowest BCUT2D eigenvalue weighted by Crippen LogP contribution is -2.14. The van der Waals surface area contributed by atoms with Crippen molar-refractivity contribution in [2.75, 3.05) is 5.32 Å². The van der Waals surface area contributed by atoms with Gasteiger partial charge in [0.05, 0.1) is 0 Å². The monoisotopic (exact) mass is 364 g/mol. The normalized spacial score (nSPS) is 10.8. The van der Waals surface area contributed by atoms with Gasteiger partial charge in [-0.25, -0.2) is 0 Å². The van der Waals surface area contributed by atoms with E-state index in [2.05, 4.69) is 20.1 Å². The molecule has 0 spiro atoms. The van der Waals surface area contributed by atoms with Crippen molar-refractivity contribution in [2.45, 2.75) is 19.6 Å². The molecule has 0 fully saturated rings. The van der Waals surface area contributed by atoms with Gasteiger partial charge in [0, 0.05) is 31.2 Å². The van der Waals surface area contributed by atoms with Crippen LogP contribution in [0.1, 0.15) is 15.2 Å². The topological polar surface area (TPSA) is 69.0 Å². The van der Waals surface area contributed by atoms with E-state index in [9.17, 15) is 13.6 Å². The average molecular weight is 364 g/mol. The number of amides is 1. The molecular weight excluding hydrogens is 350 g/mol. The summed E-state index contributed by atoms with van der Waals surface area (Å²) in [6.45, 7) is -2.34. The highest BCUT2D eigenvalue weighted by Crippen LogP contribution is 2.27. The Bertz CT molecular complexity index is 836. The summed E-state index contributed by atoms with van der Waals surface area (Å²) in [5, 5.41) is 8.35. The Labute approximate surface area is 146 Å². The SMILES string of the molecule is O=C(Nc1ccn(CCc2ccncc2)n1)c1sccc1OC(F)F. The molecule has 1 amide bonds. The van der Waals surface area contributed by atoms with E-state index < -0.39 is 12.5 Å². The average Bonchev–Trinajstić information content (AvgIpc) is 3.23. The van der Waals surface area contributed by atoms with Gasteiger partial charge in [-0.2, -0.15) is 13.9 Å². The highest BCUT2D eigenvalue weighted by atomic mass is 32.1. The number of hydrogen-bond donors (Lipinski definition) is 1. The van der Waals surface area contributed by atoms with Crippen molar-refractivity contribution in [2.24, 2.45) is 0 Å². The second-order valence-electron chi connectivity index (χ2n) is 5.02. The van der Waals surface area contributed by atoms with Crippen LogP contribution in [0.3, 0.4) is 0 Å². The highest BCUT2D eigenvalue weighted by molar-refractivity contribution is 7.12. The van der Waals surface area contributed by atoms with Gasteiger partial charge in [-0.3, -0.25) is 14.5 Å². The third kappa shape index (κ3) is 4.60. The molecule has 3 aromatic rings. The van der Waals surface area contributed by atoms with Gasteiger partial charge < -0.3 is 10.1 Å². The van der Waals surface area contributed by atoms with E-state index >= 15 is 0 Å². The lowest BCUT2D eigenvalue weighted by Gasteiger charge is -2.05. The van der Waals surface area contributed by atoms with Crippen LogP contribution in [0, 0.1) is 0 Å². The number of nitrogens with one attached hydrogen (secondary N) is 1. The van der Waals surface area contributed by atoms with Crippen LogP contribution in [0.4, 0.5) is 14.6 Å². The number of nitrogens with zero attached hydrogens (tertiary/aromatic N) is 3. The van der Waals surface area contributed by atoms with Crippen LogP contribution in [-0.4, -0.2) is 27.3 Å². The Morgan fingerprint density at radius 3 is 2.84 bits per heavy atom. The summed E-state index contributed by atoms with van der Waals surface area (Å²) < 4.78 is 30.7. The molecule has 0 radical (unpaired) electrons. The van der Waals surface area contributed by atoms with Gasteiger partial charge in [0.25, 0.3) is 5.91 Å². The predicted molar refractivity (Wildman–Crippen MR) is 89.1 cm³/mol. The number of alkyl halides is 2. The van der Waals surface area contributed by atoms with Crippen LogP contribution in [0.25, 0.3) is 0 Å². The number of aromatic nitrogens is 3. The largest absolute Gasteiger partial charge is 0.433 e. The van der Waals surface area contributed by atoms with Crippen molar-refractivity contribution in [1.29, 1.82) is 0 Å². The van der Waals surface area contributed by atoms with Crippen molar-refractivity contribution in [3.8, 4) is 5.75 Å². The zero-order valence-electron chi connectivity index (χ0n) is 12.9. The molecule has 0 aliphatic rings. The molecule has 9 heteroatoms. The Balaban J connectivity index is 1.59. The van der Waals surface area contributed by atoms with Crippen LogP contribution in [-0.2, 0) is 13.0 Å². The van der Waals surface area contributed by atoms with Crippen molar-refractivity contribution in [3.05, 3.63) is 58.7 Å². The summed E-state index contributed by atoms with van der Waals surface area (Å²) in [4.78, 5) is 16.2. The van der Waals surface area contributed by atoms with E-state index in [4.69, 9.17) is 0 Å². The minimum Gasteiger partial charge on any atom is -0.433 e. The summed E-state index contributed by atoms with van der Waals surface area (Å²) in [5.41, 5.74) is 1.13. The smallest absolute Gasteiger partial charge is 0.387 e. The molecule has 0 aliphatic heterocycles. The van der Waals surface area contributed by atoms with Gasteiger partial charge in [0.15, 0.2) is 5.82 Å². The zero-order valence-corrected chi connectivity index (χ0v) is 13.7. The highest BCUT2D eigenvalue weighted by Gasteiger charge is 2.18. The van der Waals surface area contributed by atoms with Gasteiger partial charge in [-0.05, 0) is 35.6 Å². The maximum absolute atomic E-state index is 12.3. The molecule has 0 aromatic carbocycles. The van der Waals surface area contributed by atoms with Crippen LogP contribution in [0.5, 0.6) is 5.75 Å². The van der Waals surface area contributed by atoms with Crippen LogP contribution < -0.4 is 10.1 Å². The number of carbonyl (C=O) groups excluding carboxylic acids is 1. The van der Waals surface area contributed by atoms with Crippen molar-refractivity contribution < 1.29 is 18.3 Å². The third-order valence-electron chi connectivity index (χ3n) is 3.31. The van der Waals surface area contributed by atoms with Gasteiger partial charge in [-0.1, -0.05) is 0 Å². The van der Waals surface area contributed by atoms with Gasteiger partial charge in [0.2, 0.25) is 0 Å². The van der Waals surface area contributed by atoms with E-state index in [1.165, 1.54) is 11.4 Å². The molecule has 1 N–H and O–H groups in total. The summed E-state index contributed by atoms with van der Waals surface area (Å²) in [7, 11) is 0. The molecule has 0 unspecified atom stereocenters. The molecule has 0 saturated heterocycles. The number of rotatable bonds is 7. The number of aryl methyl sites for hydroxylation is 2. The molecule has 3 heterocycles. The van der Waals surface area contributed by atoms with Crippen LogP contribution >= 0.6 is 11.3 Å². The van der Waals surface area contributed by atoms with E-state index in [1.54, 1.807) is 29.3 Å². The fourth-order valence-electron chi connectivity index (χ4n) is 2.17. The van der Waals surface area contributed by atoms with Crippen molar-refractivity contribution in [1.82, 2.24) is 14.8 Å². The lowest BCUT2D eigenvalue weighted by molar-refractivity contribution is -0.0498. The lowest BCUT2D eigenvalue weighted by atomic mass is 10.2. The molecular formula is C16H14F2N4O2S. The van der Waals surface area contributed by atoms with Gasteiger partial charge in [0.1, 0.15) is 10.6 Å². The Hall–Kier alpha value is -2.81. The molecule has 0 saturated carbocycles. The number of carbonyl (C=O) groups is 1.